The van der Waals surface area contributed by atoms with Crippen molar-refractivity contribution >= 4 is 5.84 Å². The Morgan fingerprint density at radius 1 is 1.33 bits per heavy atom. The standard InChI is InChI=1S/C15H30N4O2/c1-15(2,14(16)17-20)5-3-6-18-7-4-13(12-18)19-8-10-21-11-9-19/h13,20H,3-12H2,1-2H3,(H2,16,17). The number of nitrogens with two attached hydrogens (primary N) is 1. The van der Waals surface area contributed by atoms with Crippen molar-refractivity contribution in [3.8, 4) is 0 Å². The molecule has 0 aromatic heterocycles. The minimum Gasteiger partial charge on any atom is -0.409 e. The van der Waals surface area contributed by atoms with Crippen LogP contribution in [0, 0.1) is 5.41 Å². The summed E-state index contributed by atoms with van der Waals surface area (Å²) >= 11 is 0. The summed E-state index contributed by atoms with van der Waals surface area (Å²) in [5.74, 6) is 0.329. The molecule has 2 aliphatic heterocycles. The van der Waals surface area contributed by atoms with E-state index >= 15 is 0 Å². The molecule has 6 heteroatoms. The van der Waals surface area contributed by atoms with Gasteiger partial charge in [0.25, 0.3) is 0 Å². The van der Waals surface area contributed by atoms with Crippen LogP contribution in [-0.4, -0.2) is 72.8 Å². The van der Waals surface area contributed by atoms with E-state index in [9.17, 15) is 0 Å². The molecule has 6 nitrogen and oxygen atoms in total. The molecule has 122 valence electrons. The van der Waals surface area contributed by atoms with Crippen molar-refractivity contribution in [1.29, 1.82) is 0 Å². The molecule has 2 fully saturated rings. The van der Waals surface area contributed by atoms with Crippen LogP contribution in [0.4, 0.5) is 0 Å². The van der Waals surface area contributed by atoms with Gasteiger partial charge in [-0.25, -0.2) is 0 Å². The maximum Gasteiger partial charge on any atom is 0.144 e. The van der Waals surface area contributed by atoms with Gasteiger partial charge in [0.15, 0.2) is 0 Å². The van der Waals surface area contributed by atoms with Crippen molar-refractivity contribution in [2.75, 3.05) is 45.9 Å². The van der Waals surface area contributed by atoms with Gasteiger partial charge in [0, 0.05) is 31.1 Å². The lowest BCUT2D eigenvalue weighted by Crippen LogP contribution is -2.44. The van der Waals surface area contributed by atoms with Gasteiger partial charge in [-0.3, -0.25) is 4.90 Å². The Kier molecular flexibility index (Phi) is 5.84. The lowest BCUT2D eigenvalue weighted by Gasteiger charge is -2.32. The van der Waals surface area contributed by atoms with Gasteiger partial charge in [0.1, 0.15) is 5.84 Å². The molecule has 0 saturated carbocycles. The van der Waals surface area contributed by atoms with Crippen molar-refractivity contribution < 1.29 is 9.94 Å². The van der Waals surface area contributed by atoms with Crippen LogP contribution in [0.3, 0.4) is 0 Å². The molecule has 0 aliphatic carbocycles. The highest BCUT2D eigenvalue weighted by molar-refractivity contribution is 5.85. The average Bonchev–Trinajstić information content (AvgIpc) is 2.96. The van der Waals surface area contributed by atoms with Crippen LogP contribution in [0.5, 0.6) is 0 Å². The SMILES string of the molecule is CC(C)(CCCN1CCC(N2CCOCC2)C1)C(N)=NO. The van der Waals surface area contributed by atoms with E-state index in [0.717, 1.165) is 45.7 Å². The number of oxime groups is 1. The van der Waals surface area contributed by atoms with E-state index in [1.54, 1.807) is 0 Å². The lowest BCUT2D eigenvalue weighted by atomic mass is 9.86. The first kappa shape index (κ1) is 16.5. The van der Waals surface area contributed by atoms with Crippen LogP contribution in [0.15, 0.2) is 5.16 Å². The van der Waals surface area contributed by atoms with Gasteiger partial charge in [0.2, 0.25) is 0 Å². The molecule has 1 unspecified atom stereocenters. The van der Waals surface area contributed by atoms with Crippen molar-refractivity contribution in [2.24, 2.45) is 16.3 Å². The van der Waals surface area contributed by atoms with Crippen LogP contribution in [0.1, 0.15) is 33.1 Å². The summed E-state index contributed by atoms with van der Waals surface area (Å²) in [6, 6.07) is 0.700. The molecular weight excluding hydrogens is 268 g/mol. The predicted molar refractivity (Wildman–Crippen MR) is 83.7 cm³/mol. The fraction of sp³-hybridized carbons (Fsp3) is 0.933. The number of likely N-dealkylation sites (tertiary alicyclic amines) is 1. The van der Waals surface area contributed by atoms with Crippen molar-refractivity contribution in [1.82, 2.24) is 9.80 Å². The van der Waals surface area contributed by atoms with E-state index in [0.29, 0.717) is 11.9 Å². The second-order valence-electron chi connectivity index (χ2n) is 6.86. The molecule has 2 aliphatic rings. The van der Waals surface area contributed by atoms with Crippen LogP contribution < -0.4 is 5.73 Å². The highest BCUT2D eigenvalue weighted by Crippen LogP contribution is 2.24. The number of nitrogens with zero attached hydrogens (tertiary/aromatic N) is 3. The number of amidine groups is 1. The first-order chi connectivity index (χ1) is 10.0. The van der Waals surface area contributed by atoms with Gasteiger partial charge in [0.05, 0.1) is 13.2 Å². The molecule has 1 atom stereocenters. The summed E-state index contributed by atoms with van der Waals surface area (Å²) in [6.45, 7) is 11.4. The van der Waals surface area contributed by atoms with E-state index in [-0.39, 0.29) is 5.41 Å². The molecule has 0 aromatic rings. The Balaban J connectivity index is 1.68. The van der Waals surface area contributed by atoms with Gasteiger partial charge in [-0.1, -0.05) is 19.0 Å². The monoisotopic (exact) mass is 298 g/mol. The van der Waals surface area contributed by atoms with Crippen molar-refractivity contribution in [3.63, 3.8) is 0 Å². The summed E-state index contributed by atoms with van der Waals surface area (Å²) in [5, 5.41) is 11.9. The molecule has 0 aromatic carbocycles. The Labute approximate surface area is 127 Å². The van der Waals surface area contributed by atoms with E-state index in [4.69, 9.17) is 15.7 Å². The fourth-order valence-electron chi connectivity index (χ4n) is 3.26. The number of morpholine rings is 1. The minimum atomic E-state index is -0.224. The molecule has 0 bridgehead atoms. The number of rotatable bonds is 6. The Morgan fingerprint density at radius 3 is 2.71 bits per heavy atom. The zero-order valence-corrected chi connectivity index (χ0v) is 13.4. The summed E-state index contributed by atoms with van der Waals surface area (Å²) < 4.78 is 5.42. The Morgan fingerprint density at radius 2 is 2.05 bits per heavy atom. The molecule has 0 amide bonds. The summed E-state index contributed by atoms with van der Waals surface area (Å²) in [5.41, 5.74) is 5.51. The fourth-order valence-corrected chi connectivity index (χ4v) is 3.26. The second kappa shape index (κ2) is 7.42. The Hall–Kier alpha value is -0.850. The number of ether oxygens (including phenoxy) is 1. The molecule has 0 spiro atoms. The quantitative estimate of drug-likeness (QED) is 0.330. The number of hydrogen-bond donors (Lipinski definition) is 2. The lowest BCUT2D eigenvalue weighted by molar-refractivity contribution is 0.0185. The number of hydrogen-bond acceptors (Lipinski definition) is 5. The first-order valence-corrected chi connectivity index (χ1v) is 8.05. The highest BCUT2D eigenvalue weighted by atomic mass is 16.5. The van der Waals surface area contributed by atoms with Gasteiger partial charge >= 0.3 is 0 Å². The molecule has 0 radical (unpaired) electrons. The smallest absolute Gasteiger partial charge is 0.144 e. The predicted octanol–water partition coefficient (Wildman–Crippen LogP) is 0.946. The maximum atomic E-state index is 8.80. The third-order valence-corrected chi connectivity index (χ3v) is 4.89. The molecule has 2 saturated heterocycles. The second-order valence-corrected chi connectivity index (χ2v) is 6.86. The zero-order chi connectivity index (χ0) is 15.3. The van der Waals surface area contributed by atoms with Crippen LogP contribution in [0.25, 0.3) is 0 Å². The third-order valence-electron chi connectivity index (χ3n) is 4.89. The van der Waals surface area contributed by atoms with Gasteiger partial charge in [-0.05, 0) is 32.4 Å². The van der Waals surface area contributed by atoms with Gasteiger partial charge < -0.3 is 20.6 Å². The van der Waals surface area contributed by atoms with Crippen LogP contribution in [0.2, 0.25) is 0 Å². The van der Waals surface area contributed by atoms with Crippen LogP contribution >= 0.6 is 0 Å². The zero-order valence-electron chi connectivity index (χ0n) is 13.4. The van der Waals surface area contributed by atoms with Crippen molar-refractivity contribution in [2.45, 2.75) is 39.2 Å². The third kappa shape index (κ3) is 4.56. The summed E-state index contributed by atoms with van der Waals surface area (Å²) in [4.78, 5) is 5.12. The molecule has 2 heterocycles. The van der Waals surface area contributed by atoms with Gasteiger partial charge in [-0.2, -0.15) is 0 Å². The minimum absolute atomic E-state index is 0.224. The van der Waals surface area contributed by atoms with E-state index in [1.165, 1.54) is 19.5 Å². The van der Waals surface area contributed by atoms with E-state index in [1.807, 2.05) is 13.8 Å². The average molecular weight is 298 g/mol. The molecule has 3 N–H and O–H groups in total. The molecular formula is C15H30N4O2. The van der Waals surface area contributed by atoms with Gasteiger partial charge in [-0.15, -0.1) is 0 Å². The van der Waals surface area contributed by atoms with Crippen LogP contribution in [-0.2, 0) is 4.74 Å². The summed E-state index contributed by atoms with van der Waals surface area (Å²) in [6.07, 6.45) is 3.30. The highest BCUT2D eigenvalue weighted by Gasteiger charge is 2.29. The van der Waals surface area contributed by atoms with E-state index in [2.05, 4.69) is 15.0 Å². The van der Waals surface area contributed by atoms with Crippen molar-refractivity contribution in [3.05, 3.63) is 0 Å². The topological polar surface area (TPSA) is 74.3 Å². The largest absolute Gasteiger partial charge is 0.409 e. The Bertz CT molecular complexity index is 354. The summed E-state index contributed by atoms with van der Waals surface area (Å²) in [7, 11) is 0. The first-order valence-electron chi connectivity index (χ1n) is 8.05. The normalized spacial score (nSPS) is 26.4. The van der Waals surface area contributed by atoms with E-state index < -0.39 is 0 Å². The maximum absolute atomic E-state index is 8.80. The molecule has 21 heavy (non-hydrogen) atoms. The molecule has 2 rings (SSSR count).